The zero-order chi connectivity index (χ0) is 13.8. The summed E-state index contributed by atoms with van der Waals surface area (Å²) in [6.45, 7) is 3.71. The third-order valence-electron chi connectivity index (χ3n) is 3.79. The molecule has 4 heteroatoms. The normalized spacial score (nSPS) is 19.9. The fraction of sp³-hybridized carbons (Fsp3) is 0.533. The molecule has 1 fully saturated rings. The molecule has 2 rings (SSSR count). The Labute approximate surface area is 114 Å². The van der Waals surface area contributed by atoms with Gasteiger partial charge in [-0.2, -0.15) is 0 Å². The molecule has 0 spiro atoms. The Balaban J connectivity index is 2.22. The van der Waals surface area contributed by atoms with Crippen molar-refractivity contribution < 1.29 is 9.90 Å². The van der Waals surface area contributed by atoms with Crippen molar-refractivity contribution in [2.75, 3.05) is 31.6 Å². The average Bonchev–Trinajstić information content (AvgIpc) is 2.44. The van der Waals surface area contributed by atoms with Gasteiger partial charge in [0.2, 0.25) is 5.91 Å². The fourth-order valence-corrected chi connectivity index (χ4v) is 2.55. The number of piperazine rings is 1. The number of aryl methyl sites for hydroxylation is 1. The smallest absolute Gasteiger partial charge is 0.245 e. The average molecular weight is 262 g/mol. The highest BCUT2D eigenvalue weighted by Crippen LogP contribution is 2.23. The van der Waals surface area contributed by atoms with E-state index >= 15 is 0 Å². The Morgan fingerprint density at radius 2 is 1.95 bits per heavy atom. The van der Waals surface area contributed by atoms with Gasteiger partial charge in [0.25, 0.3) is 0 Å². The number of likely N-dealkylation sites (N-methyl/N-ethyl adjacent to an activating group) is 1. The Kier molecular flexibility index (Phi) is 4.43. The molecule has 1 N–H and O–H groups in total. The lowest BCUT2D eigenvalue weighted by molar-refractivity contribution is -0.133. The van der Waals surface area contributed by atoms with E-state index in [1.54, 1.807) is 4.90 Å². The molecule has 104 valence electrons. The number of hydrogen-bond acceptors (Lipinski definition) is 3. The van der Waals surface area contributed by atoms with Crippen LogP contribution in [0, 0.1) is 0 Å². The van der Waals surface area contributed by atoms with Crippen LogP contribution in [0.3, 0.4) is 0 Å². The number of carbonyl (C=O) groups excluding carboxylic acids is 1. The number of nitrogens with zero attached hydrogens (tertiary/aromatic N) is 2. The molecule has 1 unspecified atom stereocenters. The van der Waals surface area contributed by atoms with Gasteiger partial charge >= 0.3 is 0 Å². The van der Waals surface area contributed by atoms with Crippen LogP contribution < -0.4 is 4.90 Å². The third-order valence-corrected chi connectivity index (χ3v) is 3.79. The first kappa shape index (κ1) is 13.9. The number of rotatable bonds is 4. The van der Waals surface area contributed by atoms with E-state index in [9.17, 15) is 9.90 Å². The van der Waals surface area contributed by atoms with Gasteiger partial charge in [-0.1, -0.05) is 19.1 Å². The van der Waals surface area contributed by atoms with Gasteiger partial charge in [0.1, 0.15) is 6.04 Å². The lowest BCUT2D eigenvalue weighted by Gasteiger charge is -2.40. The van der Waals surface area contributed by atoms with Crippen molar-refractivity contribution in [2.45, 2.75) is 25.8 Å². The van der Waals surface area contributed by atoms with Crippen LogP contribution in [-0.2, 0) is 11.2 Å². The molecular weight excluding hydrogens is 240 g/mol. The first-order valence-corrected chi connectivity index (χ1v) is 6.88. The van der Waals surface area contributed by atoms with Crippen LogP contribution in [-0.4, -0.2) is 48.7 Å². The van der Waals surface area contributed by atoms with Crippen molar-refractivity contribution in [3.63, 3.8) is 0 Å². The second kappa shape index (κ2) is 6.06. The van der Waals surface area contributed by atoms with Crippen LogP contribution in [0.2, 0.25) is 0 Å². The van der Waals surface area contributed by atoms with E-state index in [0.717, 1.165) is 25.2 Å². The predicted octanol–water partition coefficient (Wildman–Crippen LogP) is 1.28. The Hall–Kier alpha value is -1.55. The number of aliphatic hydroxyl groups excluding tert-OH is 1. The van der Waals surface area contributed by atoms with E-state index in [1.165, 1.54) is 5.56 Å². The first-order chi connectivity index (χ1) is 9.17. The van der Waals surface area contributed by atoms with E-state index in [0.29, 0.717) is 6.42 Å². The lowest BCUT2D eigenvalue weighted by Crippen LogP contribution is -2.56. The largest absolute Gasteiger partial charge is 0.396 e. The Morgan fingerprint density at radius 3 is 2.53 bits per heavy atom. The summed E-state index contributed by atoms with van der Waals surface area (Å²) < 4.78 is 0. The predicted molar refractivity (Wildman–Crippen MR) is 76.3 cm³/mol. The molecule has 4 nitrogen and oxygen atoms in total. The van der Waals surface area contributed by atoms with Crippen LogP contribution in [0.15, 0.2) is 24.3 Å². The molecular formula is C15H22N2O2. The number of anilines is 1. The van der Waals surface area contributed by atoms with Crippen LogP contribution in [0.1, 0.15) is 18.9 Å². The van der Waals surface area contributed by atoms with Crippen LogP contribution in [0.5, 0.6) is 0 Å². The van der Waals surface area contributed by atoms with Crippen molar-refractivity contribution in [3.05, 3.63) is 29.8 Å². The van der Waals surface area contributed by atoms with Crippen molar-refractivity contribution in [3.8, 4) is 0 Å². The van der Waals surface area contributed by atoms with Crippen molar-refractivity contribution in [2.24, 2.45) is 0 Å². The molecule has 1 aliphatic rings. The molecule has 0 aliphatic carbocycles. The quantitative estimate of drug-likeness (QED) is 0.889. The van der Waals surface area contributed by atoms with E-state index in [2.05, 4.69) is 36.1 Å². The summed E-state index contributed by atoms with van der Waals surface area (Å²) in [5, 5.41) is 9.17. The molecule has 1 aliphatic heterocycles. The SMILES string of the molecule is CCc1ccc(N2CCN(C)C(=O)C2CCO)cc1. The molecule has 0 aromatic heterocycles. The summed E-state index contributed by atoms with van der Waals surface area (Å²) in [6.07, 6.45) is 1.50. The summed E-state index contributed by atoms with van der Waals surface area (Å²) in [7, 11) is 1.82. The number of carbonyl (C=O) groups is 1. The summed E-state index contributed by atoms with van der Waals surface area (Å²) in [5.74, 6) is 0.0971. The summed E-state index contributed by atoms with van der Waals surface area (Å²) in [5.41, 5.74) is 2.36. The molecule has 1 aromatic carbocycles. The topological polar surface area (TPSA) is 43.8 Å². The van der Waals surface area contributed by atoms with Gasteiger partial charge in [-0.15, -0.1) is 0 Å². The van der Waals surface area contributed by atoms with Gasteiger partial charge in [0.15, 0.2) is 0 Å². The van der Waals surface area contributed by atoms with Gasteiger partial charge in [-0.25, -0.2) is 0 Å². The molecule has 1 heterocycles. The van der Waals surface area contributed by atoms with Crippen molar-refractivity contribution >= 4 is 11.6 Å². The Morgan fingerprint density at radius 1 is 1.26 bits per heavy atom. The molecule has 1 amide bonds. The van der Waals surface area contributed by atoms with Crippen LogP contribution in [0.4, 0.5) is 5.69 Å². The standard InChI is InChI=1S/C15H22N2O2/c1-3-12-4-6-13(7-5-12)17-10-9-16(2)15(19)14(17)8-11-18/h4-7,14,18H,3,8-11H2,1-2H3. The van der Waals surface area contributed by atoms with E-state index in [-0.39, 0.29) is 18.6 Å². The monoisotopic (exact) mass is 262 g/mol. The summed E-state index contributed by atoms with van der Waals surface area (Å²) >= 11 is 0. The van der Waals surface area contributed by atoms with E-state index in [4.69, 9.17) is 0 Å². The van der Waals surface area contributed by atoms with Crippen molar-refractivity contribution in [1.82, 2.24) is 4.90 Å². The maximum absolute atomic E-state index is 12.2. The van der Waals surface area contributed by atoms with E-state index in [1.807, 2.05) is 7.05 Å². The van der Waals surface area contributed by atoms with Crippen LogP contribution >= 0.6 is 0 Å². The molecule has 1 atom stereocenters. The molecule has 1 saturated heterocycles. The highest BCUT2D eigenvalue weighted by molar-refractivity contribution is 5.86. The molecule has 0 bridgehead atoms. The van der Waals surface area contributed by atoms with Gasteiger partial charge in [0.05, 0.1) is 0 Å². The molecule has 0 radical (unpaired) electrons. The highest BCUT2D eigenvalue weighted by atomic mass is 16.3. The number of benzene rings is 1. The molecule has 19 heavy (non-hydrogen) atoms. The molecule has 0 saturated carbocycles. The summed E-state index contributed by atoms with van der Waals surface area (Å²) in [6, 6.07) is 8.11. The highest BCUT2D eigenvalue weighted by Gasteiger charge is 2.32. The fourth-order valence-electron chi connectivity index (χ4n) is 2.55. The third kappa shape index (κ3) is 2.89. The van der Waals surface area contributed by atoms with Crippen molar-refractivity contribution in [1.29, 1.82) is 0 Å². The zero-order valence-electron chi connectivity index (χ0n) is 11.7. The first-order valence-electron chi connectivity index (χ1n) is 6.88. The minimum Gasteiger partial charge on any atom is -0.396 e. The number of amides is 1. The maximum atomic E-state index is 12.2. The second-order valence-electron chi connectivity index (χ2n) is 5.00. The number of aliphatic hydroxyl groups is 1. The lowest BCUT2D eigenvalue weighted by atomic mass is 10.1. The maximum Gasteiger partial charge on any atom is 0.245 e. The van der Waals surface area contributed by atoms with Gasteiger partial charge in [0, 0.05) is 32.4 Å². The zero-order valence-corrected chi connectivity index (χ0v) is 11.7. The minimum atomic E-state index is -0.240. The number of hydrogen-bond donors (Lipinski definition) is 1. The van der Waals surface area contributed by atoms with Gasteiger partial charge in [-0.3, -0.25) is 4.79 Å². The van der Waals surface area contributed by atoms with Gasteiger partial charge in [-0.05, 0) is 30.5 Å². The molecule has 1 aromatic rings. The summed E-state index contributed by atoms with van der Waals surface area (Å²) in [4.78, 5) is 16.1. The van der Waals surface area contributed by atoms with E-state index < -0.39 is 0 Å². The Bertz CT molecular complexity index is 430. The van der Waals surface area contributed by atoms with Crippen LogP contribution in [0.25, 0.3) is 0 Å². The second-order valence-corrected chi connectivity index (χ2v) is 5.00. The minimum absolute atomic E-state index is 0.0355. The van der Waals surface area contributed by atoms with Gasteiger partial charge < -0.3 is 14.9 Å².